The quantitative estimate of drug-likeness (QED) is 0.704. The predicted octanol–water partition coefficient (Wildman–Crippen LogP) is 4.05. The number of allylic oxidation sites excluding steroid dienone is 2. The lowest BCUT2D eigenvalue weighted by molar-refractivity contribution is 0.472. The van der Waals surface area contributed by atoms with E-state index in [2.05, 4.69) is 105 Å². The minimum absolute atomic E-state index is 0.951. The zero-order chi connectivity index (χ0) is 15.9. The topological polar surface area (TPSA) is 9.72 Å². The normalized spacial score (nSPS) is 13.4. The maximum Gasteiger partial charge on any atom is 0.252 e. The fourth-order valence-corrected chi connectivity index (χ4v) is 5.87. The van der Waals surface area contributed by atoms with Gasteiger partial charge in [0.25, 0.3) is 7.71 Å². The molecule has 1 aromatic rings. The zero-order valence-corrected chi connectivity index (χ0v) is 15.1. The molecule has 0 saturated heterocycles. The van der Waals surface area contributed by atoms with Crippen molar-refractivity contribution < 1.29 is 0 Å². The summed E-state index contributed by atoms with van der Waals surface area (Å²) in [5.74, 6) is 2.36. The van der Waals surface area contributed by atoms with Gasteiger partial charge in [-0.15, -0.1) is 0 Å². The lowest BCUT2D eigenvalue weighted by Gasteiger charge is -2.37. The molecule has 0 spiro atoms. The summed E-state index contributed by atoms with van der Waals surface area (Å²) < 4.78 is 6.97. The average Bonchev–Trinajstić information content (AvgIpc) is 2.42. The van der Waals surface area contributed by atoms with Crippen LogP contribution in [0.2, 0.25) is 0 Å². The summed E-state index contributed by atoms with van der Waals surface area (Å²) in [6.07, 6.45) is 7.60. The lowest BCUT2D eigenvalue weighted by Crippen LogP contribution is -2.34. The van der Waals surface area contributed by atoms with Crippen LogP contribution in [0.5, 0.6) is 0 Å². The number of nitrogens with zero attached hydrogens (tertiary/aromatic N) is 3. The maximum absolute atomic E-state index is 2.36. The molecule has 0 N–H and O–H groups in total. The Morgan fingerprint density at radius 2 is 1.33 bits per heavy atom. The Kier molecular flexibility index (Phi) is 7.27. The van der Waals surface area contributed by atoms with Crippen molar-refractivity contribution in [3.05, 3.63) is 53.9 Å². The number of hydrogen-bond donors (Lipinski definition) is 0. The molecule has 0 unspecified atom stereocenters. The van der Waals surface area contributed by atoms with Gasteiger partial charge in [0.2, 0.25) is 0 Å². The van der Waals surface area contributed by atoms with Crippen LogP contribution in [0.4, 0.5) is 0 Å². The third-order valence-electron chi connectivity index (χ3n) is 3.45. The second kappa shape index (κ2) is 8.45. The first-order valence-corrected chi connectivity index (χ1v) is 8.94. The first kappa shape index (κ1) is 18.1. The van der Waals surface area contributed by atoms with Gasteiger partial charge in [-0.05, 0) is 18.1 Å². The van der Waals surface area contributed by atoms with Crippen LogP contribution >= 0.6 is 7.71 Å². The predicted molar refractivity (Wildman–Crippen MR) is 97.2 cm³/mol. The summed E-state index contributed by atoms with van der Waals surface area (Å²) in [6.45, 7) is 0. The molecule has 4 heteroatoms. The molecule has 21 heavy (non-hydrogen) atoms. The summed E-state index contributed by atoms with van der Waals surface area (Å²) >= 11 is 0. The molecule has 1 aromatic carbocycles. The standard InChI is InChI=1S/C17H29N3P/c1-18(2)21(19(3)4,20(5)6)16-12-8-11-15-17-13-9-7-10-14-17/h7,9-16H,8H2,1-6H3/q+1/b15-11+,16-12+. The van der Waals surface area contributed by atoms with Gasteiger partial charge in [-0.25, -0.2) is 0 Å². The molecule has 0 aliphatic heterocycles. The van der Waals surface area contributed by atoms with E-state index in [0.717, 1.165) is 6.42 Å². The Labute approximate surface area is 131 Å². The Balaban J connectivity index is 2.74. The summed E-state index contributed by atoms with van der Waals surface area (Å²) in [6, 6.07) is 10.4. The van der Waals surface area contributed by atoms with E-state index in [4.69, 9.17) is 0 Å². The van der Waals surface area contributed by atoms with E-state index < -0.39 is 7.71 Å². The molecular weight excluding hydrogens is 277 g/mol. The van der Waals surface area contributed by atoms with Gasteiger partial charge in [-0.1, -0.05) is 42.5 Å². The van der Waals surface area contributed by atoms with E-state index in [1.807, 2.05) is 6.07 Å². The molecule has 0 aliphatic carbocycles. The van der Waals surface area contributed by atoms with Crippen LogP contribution in [0.25, 0.3) is 6.08 Å². The van der Waals surface area contributed by atoms with E-state index in [1.165, 1.54) is 5.56 Å². The molecule has 0 bridgehead atoms. The smallest absolute Gasteiger partial charge is 0.151 e. The Morgan fingerprint density at radius 1 is 0.810 bits per heavy atom. The van der Waals surface area contributed by atoms with E-state index in [-0.39, 0.29) is 0 Å². The van der Waals surface area contributed by atoms with Crippen molar-refractivity contribution in [3.63, 3.8) is 0 Å². The monoisotopic (exact) mass is 306 g/mol. The maximum atomic E-state index is 2.36. The van der Waals surface area contributed by atoms with Gasteiger partial charge in [-0.3, -0.25) is 0 Å². The number of rotatable bonds is 7. The highest BCUT2D eigenvalue weighted by molar-refractivity contribution is 7.71. The van der Waals surface area contributed by atoms with Crippen LogP contribution in [0.3, 0.4) is 0 Å². The van der Waals surface area contributed by atoms with Crippen LogP contribution in [0.1, 0.15) is 12.0 Å². The molecule has 0 aromatic heterocycles. The van der Waals surface area contributed by atoms with Crippen molar-refractivity contribution in [1.29, 1.82) is 0 Å². The lowest BCUT2D eigenvalue weighted by atomic mass is 10.2. The average molecular weight is 306 g/mol. The second-order valence-electron chi connectivity index (χ2n) is 5.59. The summed E-state index contributed by atoms with van der Waals surface area (Å²) in [7, 11) is 11.4. The van der Waals surface area contributed by atoms with Gasteiger partial charge in [0.05, 0.1) is 0 Å². The van der Waals surface area contributed by atoms with Crippen molar-refractivity contribution in [3.8, 4) is 0 Å². The SMILES string of the molecule is CN(C)[P+](/C=C/C/C=C/c1ccccc1)(N(C)C)N(C)C. The summed E-state index contributed by atoms with van der Waals surface area (Å²) in [5.41, 5.74) is 1.25. The van der Waals surface area contributed by atoms with Crippen LogP contribution in [0, 0.1) is 0 Å². The van der Waals surface area contributed by atoms with Gasteiger partial charge in [0.15, 0.2) is 0 Å². The molecule has 0 fully saturated rings. The molecule has 0 heterocycles. The van der Waals surface area contributed by atoms with Crippen LogP contribution < -0.4 is 0 Å². The molecule has 0 aliphatic rings. The third kappa shape index (κ3) is 4.76. The molecule has 0 atom stereocenters. The van der Waals surface area contributed by atoms with Crippen molar-refractivity contribution >= 4 is 13.8 Å². The highest BCUT2D eigenvalue weighted by atomic mass is 31.2. The van der Waals surface area contributed by atoms with E-state index >= 15 is 0 Å². The fraction of sp³-hybridized carbons (Fsp3) is 0.412. The van der Waals surface area contributed by atoms with Crippen molar-refractivity contribution in [1.82, 2.24) is 14.0 Å². The van der Waals surface area contributed by atoms with Gasteiger partial charge in [0.1, 0.15) is 5.82 Å². The number of benzene rings is 1. The molecular formula is C17H29N3P+. The zero-order valence-electron chi connectivity index (χ0n) is 14.2. The molecule has 0 amide bonds. The summed E-state index contributed by atoms with van der Waals surface area (Å²) in [4.78, 5) is 0. The minimum atomic E-state index is -1.54. The molecule has 3 nitrogen and oxygen atoms in total. The Hall–Kier alpha value is -0.990. The minimum Gasteiger partial charge on any atom is -0.151 e. The molecule has 0 radical (unpaired) electrons. The highest BCUT2D eigenvalue weighted by Crippen LogP contribution is 2.64. The number of hydrogen-bond acceptors (Lipinski definition) is 3. The van der Waals surface area contributed by atoms with Gasteiger partial charge in [-0.2, -0.15) is 14.0 Å². The van der Waals surface area contributed by atoms with Crippen molar-refractivity contribution in [2.75, 3.05) is 42.3 Å². The summed E-state index contributed by atoms with van der Waals surface area (Å²) in [5, 5.41) is 0. The van der Waals surface area contributed by atoms with E-state index in [0.29, 0.717) is 0 Å². The van der Waals surface area contributed by atoms with Crippen LogP contribution in [-0.4, -0.2) is 56.3 Å². The van der Waals surface area contributed by atoms with E-state index in [9.17, 15) is 0 Å². The Morgan fingerprint density at radius 3 is 1.81 bits per heavy atom. The van der Waals surface area contributed by atoms with Gasteiger partial charge >= 0.3 is 0 Å². The highest BCUT2D eigenvalue weighted by Gasteiger charge is 2.44. The molecule has 0 saturated carbocycles. The fourth-order valence-electron chi connectivity index (χ4n) is 2.52. The molecule has 1 rings (SSSR count). The van der Waals surface area contributed by atoms with Crippen molar-refractivity contribution in [2.45, 2.75) is 6.42 Å². The first-order valence-electron chi connectivity index (χ1n) is 7.22. The Bertz CT molecular complexity index is 442. The van der Waals surface area contributed by atoms with Gasteiger partial charge < -0.3 is 0 Å². The third-order valence-corrected chi connectivity index (χ3v) is 7.60. The van der Waals surface area contributed by atoms with Gasteiger partial charge in [0, 0.05) is 42.3 Å². The molecule has 116 valence electrons. The first-order chi connectivity index (χ1) is 9.91. The van der Waals surface area contributed by atoms with Crippen LogP contribution in [0.15, 0.2) is 48.3 Å². The largest absolute Gasteiger partial charge is 0.252 e. The van der Waals surface area contributed by atoms with Crippen LogP contribution in [-0.2, 0) is 0 Å². The van der Waals surface area contributed by atoms with Crippen molar-refractivity contribution in [2.24, 2.45) is 0 Å². The second-order valence-corrected chi connectivity index (χ2v) is 9.52. The van der Waals surface area contributed by atoms with E-state index in [1.54, 1.807) is 0 Å².